The summed E-state index contributed by atoms with van der Waals surface area (Å²) in [6, 6.07) is 18.4. The fourth-order valence-corrected chi connectivity index (χ4v) is 4.12. The van der Waals surface area contributed by atoms with Crippen molar-refractivity contribution in [3.63, 3.8) is 0 Å². The lowest BCUT2D eigenvalue weighted by Crippen LogP contribution is -2.38. The maximum Gasteiger partial charge on any atom is 0.257 e. The van der Waals surface area contributed by atoms with Crippen LogP contribution in [0.25, 0.3) is 0 Å². The van der Waals surface area contributed by atoms with Gasteiger partial charge < -0.3 is 19.7 Å². The first-order valence-electron chi connectivity index (χ1n) is 10.3. The predicted octanol–water partition coefficient (Wildman–Crippen LogP) is 4.10. The Morgan fingerprint density at radius 3 is 2.59 bits per heavy atom. The number of hydrogen-bond acceptors (Lipinski definition) is 6. The minimum atomic E-state index is -0.293. The van der Waals surface area contributed by atoms with Gasteiger partial charge in [-0.3, -0.25) is 9.59 Å². The number of carbonyl (C=O) groups excluding carboxylic acids is 2. The summed E-state index contributed by atoms with van der Waals surface area (Å²) in [6.45, 7) is 3.13. The van der Waals surface area contributed by atoms with Crippen molar-refractivity contribution < 1.29 is 19.1 Å². The van der Waals surface area contributed by atoms with E-state index < -0.39 is 0 Å². The number of hydrogen-bond donors (Lipinski definition) is 1. The van der Waals surface area contributed by atoms with Gasteiger partial charge in [0.25, 0.3) is 5.91 Å². The van der Waals surface area contributed by atoms with Crippen molar-refractivity contribution in [2.24, 2.45) is 0 Å². The Bertz CT molecular complexity index is 1110. The molecule has 2 amide bonds. The third kappa shape index (κ3) is 5.20. The number of anilines is 1. The molecule has 1 aliphatic heterocycles. The molecular weight excluding hydrogens is 426 g/mol. The Morgan fingerprint density at radius 1 is 1.03 bits per heavy atom. The second kappa shape index (κ2) is 10.2. The zero-order valence-corrected chi connectivity index (χ0v) is 18.4. The van der Waals surface area contributed by atoms with Crippen LogP contribution < -0.4 is 14.8 Å². The van der Waals surface area contributed by atoms with Gasteiger partial charge in [0.15, 0.2) is 11.5 Å². The highest BCUT2D eigenvalue weighted by atomic mass is 32.2. The molecule has 0 saturated carbocycles. The van der Waals surface area contributed by atoms with E-state index >= 15 is 0 Å². The van der Waals surface area contributed by atoms with Crippen LogP contribution in [0.4, 0.5) is 5.69 Å². The zero-order chi connectivity index (χ0) is 22.3. The highest BCUT2D eigenvalue weighted by molar-refractivity contribution is 7.99. The Balaban J connectivity index is 1.45. The van der Waals surface area contributed by atoms with Gasteiger partial charge in [-0.25, -0.2) is 4.98 Å². The van der Waals surface area contributed by atoms with E-state index in [0.717, 1.165) is 4.90 Å². The molecule has 2 heterocycles. The van der Waals surface area contributed by atoms with Crippen molar-refractivity contribution in [2.45, 2.75) is 16.8 Å². The number of ether oxygens (including phenoxy) is 2. The number of aromatic nitrogens is 1. The molecule has 0 bridgehead atoms. The zero-order valence-electron chi connectivity index (χ0n) is 17.6. The molecule has 0 fully saturated rings. The number of nitrogens with one attached hydrogen (secondary N) is 1. The number of benzene rings is 2. The van der Waals surface area contributed by atoms with Gasteiger partial charge in [0, 0.05) is 29.4 Å². The van der Waals surface area contributed by atoms with E-state index in [1.165, 1.54) is 16.7 Å². The molecule has 32 heavy (non-hydrogen) atoms. The molecule has 0 unspecified atom stereocenters. The van der Waals surface area contributed by atoms with Crippen LogP contribution in [-0.2, 0) is 4.79 Å². The van der Waals surface area contributed by atoms with E-state index in [1.807, 2.05) is 37.3 Å². The van der Waals surface area contributed by atoms with Gasteiger partial charge in [0.05, 0.1) is 5.56 Å². The fourth-order valence-electron chi connectivity index (χ4n) is 3.23. The van der Waals surface area contributed by atoms with E-state index in [2.05, 4.69) is 10.3 Å². The first kappa shape index (κ1) is 21.7. The Kier molecular flexibility index (Phi) is 6.91. The Labute approximate surface area is 190 Å². The van der Waals surface area contributed by atoms with Crippen LogP contribution in [0.1, 0.15) is 17.3 Å². The number of nitrogens with zero attached hydrogens (tertiary/aromatic N) is 2. The predicted molar refractivity (Wildman–Crippen MR) is 122 cm³/mol. The van der Waals surface area contributed by atoms with Gasteiger partial charge in [-0.2, -0.15) is 0 Å². The van der Waals surface area contributed by atoms with Crippen LogP contribution >= 0.6 is 11.8 Å². The molecule has 4 rings (SSSR count). The highest BCUT2D eigenvalue weighted by Gasteiger charge is 2.22. The van der Waals surface area contributed by atoms with Crippen LogP contribution in [0.15, 0.2) is 76.8 Å². The number of likely N-dealkylation sites (N-methyl/N-ethyl adjacent to an activating group) is 1. The van der Waals surface area contributed by atoms with Gasteiger partial charge in [-0.15, -0.1) is 0 Å². The first-order valence-corrected chi connectivity index (χ1v) is 11.1. The van der Waals surface area contributed by atoms with E-state index in [0.29, 0.717) is 47.5 Å². The standard InChI is InChI=1S/C24H23N3O4S/c1-2-27(16-22(28)26-17-10-11-20-21(15-17)31-14-13-30-20)24(29)19-9-6-12-25-23(19)32-18-7-4-3-5-8-18/h3-12,15H,2,13-14,16H2,1H3,(H,26,28). The molecule has 164 valence electrons. The number of fused-ring (bicyclic) bond motifs is 1. The summed E-state index contributed by atoms with van der Waals surface area (Å²) in [4.78, 5) is 32.8. The average molecular weight is 450 g/mol. The fraction of sp³-hybridized carbons (Fsp3) is 0.208. The summed E-state index contributed by atoms with van der Waals surface area (Å²) >= 11 is 1.42. The van der Waals surface area contributed by atoms with Gasteiger partial charge >= 0.3 is 0 Å². The van der Waals surface area contributed by atoms with Crippen molar-refractivity contribution in [3.8, 4) is 11.5 Å². The molecular formula is C24H23N3O4S. The third-order valence-electron chi connectivity index (χ3n) is 4.79. The SMILES string of the molecule is CCN(CC(=O)Nc1ccc2c(c1)OCCO2)C(=O)c1cccnc1Sc1ccccc1. The Hall–Kier alpha value is -3.52. The lowest BCUT2D eigenvalue weighted by molar-refractivity contribution is -0.116. The molecule has 0 radical (unpaired) electrons. The number of carbonyl (C=O) groups is 2. The number of pyridine rings is 1. The summed E-state index contributed by atoms with van der Waals surface area (Å²) in [5, 5.41) is 3.43. The lowest BCUT2D eigenvalue weighted by Gasteiger charge is -2.22. The maximum atomic E-state index is 13.2. The molecule has 0 aliphatic carbocycles. The number of rotatable bonds is 7. The molecule has 3 aromatic rings. The molecule has 1 aliphatic rings. The monoisotopic (exact) mass is 449 g/mol. The van der Waals surface area contributed by atoms with Crippen LogP contribution in [0.5, 0.6) is 11.5 Å². The molecule has 2 aromatic carbocycles. The molecule has 0 atom stereocenters. The summed E-state index contributed by atoms with van der Waals surface area (Å²) in [6.07, 6.45) is 1.66. The van der Waals surface area contributed by atoms with Crippen molar-refractivity contribution in [3.05, 3.63) is 72.4 Å². The summed E-state index contributed by atoms with van der Waals surface area (Å²) < 4.78 is 11.1. The van der Waals surface area contributed by atoms with Crippen molar-refractivity contribution in [1.29, 1.82) is 0 Å². The van der Waals surface area contributed by atoms with Crippen molar-refractivity contribution in [2.75, 3.05) is 31.6 Å². The van der Waals surface area contributed by atoms with Crippen LogP contribution in [-0.4, -0.2) is 48.0 Å². The summed E-state index contributed by atoms with van der Waals surface area (Å²) in [5.74, 6) is 0.712. The minimum absolute atomic E-state index is 0.0753. The maximum absolute atomic E-state index is 13.2. The van der Waals surface area contributed by atoms with Gasteiger partial charge in [-0.1, -0.05) is 30.0 Å². The van der Waals surface area contributed by atoms with Gasteiger partial charge in [0.1, 0.15) is 24.8 Å². The minimum Gasteiger partial charge on any atom is -0.486 e. The van der Waals surface area contributed by atoms with E-state index in [1.54, 1.807) is 36.5 Å². The largest absolute Gasteiger partial charge is 0.486 e. The molecule has 1 aromatic heterocycles. The van der Waals surface area contributed by atoms with Crippen molar-refractivity contribution in [1.82, 2.24) is 9.88 Å². The average Bonchev–Trinajstić information content (AvgIpc) is 2.83. The topological polar surface area (TPSA) is 80.8 Å². The number of amides is 2. The van der Waals surface area contributed by atoms with E-state index in [4.69, 9.17) is 9.47 Å². The van der Waals surface area contributed by atoms with E-state index in [-0.39, 0.29) is 18.4 Å². The quantitative estimate of drug-likeness (QED) is 0.585. The normalized spacial score (nSPS) is 12.2. The molecule has 0 saturated heterocycles. The van der Waals surface area contributed by atoms with Gasteiger partial charge in [-0.05, 0) is 43.3 Å². The smallest absolute Gasteiger partial charge is 0.257 e. The molecule has 0 spiro atoms. The Morgan fingerprint density at radius 2 is 1.81 bits per heavy atom. The van der Waals surface area contributed by atoms with Crippen LogP contribution in [0.3, 0.4) is 0 Å². The lowest BCUT2D eigenvalue weighted by atomic mass is 10.2. The van der Waals surface area contributed by atoms with Crippen molar-refractivity contribution >= 4 is 29.3 Å². The van der Waals surface area contributed by atoms with Crippen LogP contribution in [0.2, 0.25) is 0 Å². The summed E-state index contributed by atoms with van der Waals surface area (Å²) in [5.41, 5.74) is 1.06. The first-order chi connectivity index (χ1) is 15.6. The third-order valence-corrected chi connectivity index (χ3v) is 5.82. The highest BCUT2D eigenvalue weighted by Crippen LogP contribution is 2.32. The second-order valence-electron chi connectivity index (χ2n) is 7.00. The van der Waals surface area contributed by atoms with E-state index in [9.17, 15) is 9.59 Å². The second-order valence-corrected chi connectivity index (χ2v) is 8.06. The van der Waals surface area contributed by atoms with Crippen LogP contribution in [0, 0.1) is 0 Å². The molecule has 8 heteroatoms. The molecule has 7 nitrogen and oxygen atoms in total. The molecule has 1 N–H and O–H groups in total. The van der Waals surface area contributed by atoms with Gasteiger partial charge in [0.2, 0.25) is 5.91 Å². The summed E-state index contributed by atoms with van der Waals surface area (Å²) in [7, 11) is 0.